The first-order chi connectivity index (χ1) is 4.47. The lowest BCUT2D eigenvalue weighted by molar-refractivity contribution is 0.0580. The molecule has 0 unspecified atom stereocenters. The minimum absolute atomic E-state index is 0.827. The highest BCUT2D eigenvalue weighted by molar-refractivity contribution is 6.16. The van der Waals surface area contributed by atoms with Gasteiger partial charge in [-0.15, -0.1) is 0 Å². The third kappa shape index (κ3) is 0.595. The summed E-state index contributed by atoms with van der Waals surface area (Å²) >= 11 is 0. The topological polar surface area (TPSA) is 31.2 Å². The van der Waals surface area contributed by atoms with Crippen LogP contribution >= 0.6 is 0 Å². The molecule has 2 aliphatic rings. The van der Waals surface area contributed by atoms with E-state index in [4.69, 9.17) is 0 Å². The fourth-order valence-corrected chi connectivity index (χ4v) is 0.799. The summed E-state index contributed by atoms with van der Waals surface area (Å²) < 4.78 is 0. The monoisotopic (exact) mass is 122 g/mol. The Labute approximate surface area is 52.7 Å². The molecule has 0 bridgehead atoms. The summed E-state index contributed by atoms with van der Waals surface area (Å²) in [4.78, 5) is 0. The molecular formula is C5H6N4. The van der Waals surface area contributed by atoms with Gasteiger partial charge in [-0.3, -0.25) is 0 Å². The Hall–Kier alpha value is -1.32. The maximum absolute atomic E-state index is 4.01. The first-order valence-electron chi connectivity index (χ1n) is 2.77. The molecule has 0 aliphatic carbocycles. The SMILES string of the molecule is C1=CN2N=CC=NN2C1. The van der Waals surface area contributed by atoms with Crippen LogP contribution in [-0.2, 0) is 0 Å². The Balaban J connectivity index is 2.25. The van der Waals surface area contributed by atoms with Crippen molar-refractivity contribution in [1.29, 1.82) is 0 Å². The smallest absolute Gasteiger partial charge is 0.0806 e. The van der Waals surface area contributed by atoms with Crippen molar-refractivity contribution in [2.24, 2.45) is 10.2 Å². The lowest BCUT2D eigenvalue weighted by Crippen LogP contribution is -2.28. The highest BCUT2D eigenvalue weighted by Crippen LogP contribution is 2.08. The number of rotatable bonds is 0. The largest absolute Gasteiger partial charge is 0.181 e. The molecule has 9 heavy (non-hydrogen) atoms. The maximum Gasteiger partial charge on any atom is 0.0806 e. The fourth-order valence-electron chi connectivity index (χ4n) is 0.799. The number of hydrogen-bond donors (Lipinski definition) is 0. The van der Waals surface area contributed by atoms with E-state index in [1.165, 1.54) is 0 Å². The van der Waals surface area contributed by atoms with Crippen LogP contribution < -0.4 is 0 Å². The van der Waals surface area contributed by atoms with Gasteiger partial charge in [-0.05, 0) is 6.08 Å². The average Bonchev–Trinajstić information content (AvgIpc) is 2.33. The van der Waals surface area contributed by atoms with Crippen LogP contribution in [0.5, 0.6) is 0 Å². The number of hydrazine groups is 1. The molecule has 0 amide bonds. The van der Waals surface area contributed by atoms with Crippen molar-refractivity contribution < 1.29 is 0 Å². The molecule has 4 heteroatoms. The van der Waals surface area contributed by atoms with Gasteiger partial charge in [0.15, 0.2) is 0 Å². The van der Waals surface area contributed by atoms with Gasteiger partial charge in [0.05, 0.1) is 19.0 Å². The van der Waals surface area contributed by atoms with Crippen molar-refractivity contribution in [1.82, 2.24) is 10.2 Å². The van der Waals surface area contributed by atoms with Crippen molar-refractivity contribution in [3.8, 4) is 0 Å². The van der Waals surface area contributed by atoms with Gasteiger partial charge in [0.1, 0.15) is 0 Å². The predicted molar refractivity (Wildman–Crippen MR) is 34.7 cm³/mol. The molecule has 4 nitrogen and oxygen atoms in total. The van der Waals surface area contributed by atoms with E-state index in [1.807, 2.05) is 12.3 Å². The van der Waals surface area contributed by atoms with Crippen molar-refractivity contribution in [3.63, 3.8) is 0 Å². The molecule has 0 radical (unpaired) electrons. The molecule has 2 aliphatic heterocycles. The average molecular weight is 122 g/mol. The molecule has 0 aromatic carbocycles. The molecule has 2 heterocycles. The molecule has 0 atom stereocenters. The van der Waals surface area contributed by atoms with Crippen LogP contribution in [0.1, 0.15) is 0 Å². The number of hydrazone groups is 2. The summed E-state index contributed by atoms with van der Waals surface area (Å²) in [6.45, 7) is 0.827. The van der Waals surface area contributed by atoms with Gasteiger partial charge in [0.2, 0.25) is 0 Å². The van der Waals surface area contributed by atoms with E-state index in [0.717, 1.165) is 6.54 Å². The van der Waals surface area contributed by atoms with Gasteiger partial charge in [-0.1, -0.05) is 0 Å². The van der Waals surface area contributed by atoms with Gasteiger partial charge in [0.25, 0.3) is 0 Å². The zero-order valence-corrected chi connectivity index (χ0v) is 4.81. The molecule has 0 N–H and O–H groups in total. The van der Waals surface area contributed by atoms with E-state index in [2.05, 4.69) is 10.2 Å². The first kappa shape index (κ1) is 4.55. The van der Waals surface area contributed by atoms with Gasteiger partial charge in [0, 0.05) is 6.20 Å². The van der Waals surface area contributed by atoms with Crippen molar-refractivity contribution >= 4 is 12.4 Å². The predicted octanol–water partition coefficient (Wildman–Crippen LogP) is 0.0179. The van der Waals surface area contributed by atoms with E-state index < -0.39 is 0 Å². The zero-order chi connectivity index (χ0) is 6.10. The second kappa shape index (κ2) is 1.58. The number of nitrogens with zero attached hydrogens (tertiary/aromatic N) is 4. The molecule has 0 saturated carbocycles. The molecule has 46 valence electrons. The molecular weight excluding hydrogens is 116 g/mol. The van der Waals surface area contributed by atoms with E-state index in [9.17, 15) is 0 Å². The normalized spacial score (nSPS) is 21.3. The van der Waals surface area contributed by atoms with Crippen molar-refractivity contribution in [3.05, 3.63) is 12.3 Å². The summed E-state index contributed by atoms with van der Waals surface area (Å²) in [5.74, 6) is 0. The highest BCUT2D eigenvalue weighted by atomic mass is 15.9. The third-order valence-corrected chi connectivity index (χ3v) is 1.20. The van der Waals surface area contributed by atoms with Gasteiger partial charge in [-0.2, -0.15) is 20.4 Å². The minimum atomic E-state index is 0.827. The van der Waals surface area contributed by atoms with Gasteiger partial charge in [-0.25, -0.2) is 0 Å². The Morgan fingerprint density at radius 3 is 3.00 bits per heavy atom. The highest BCUT2D eigenvalue weighted by Gasteiger charge is 2.12. The van der Waals surface area contributed by atoms with Crippen LogP contribution in [0.4, 0.5) is 0 Å². The van der Waals surface area contributed by atoms with Crippen LogP contribution in [0.2, 0.25) is 0 Å². The Morgan fingerprint density at radius 1 is 1.22 bits per heavy atom. The number of hydrogen-bond acceptors (Lipinski definition) is 4. The summed E-state index contributed by atoms with van der Waals surface area (Å²) in [5.41, 5.74) is 0. The van der Waals surface area contributed by atoms with Crippen LogP contribution in [0.15, 0.2) is 22.5 Å². The Morgan fingerprint density at radius 2 is 2.11 bits per heavy atom. The molecule has 2 rings (SSSR count). The molecule has 0 aromatic rings. The summed E-state index contributed by atoms with van der Waals surface area (Å²) in [5, 5.41) is 11.5. The fraction of sp³-hybridized carbons (Fsp3) is 0.200. The lowest BCUT2D eigenvalue weighted by atomic mass is 10.7. The molecule has 0 aromatic heterocycles. The second-order valence-electron chi connectivity index (χ2n) is 1.79. The summed E-state index contributed by atoms with van der Waals surface area (Å²) in [6.07, 6.45) is 7.21. The quantitative estimate of drug-likeness (QED) is 0.453. The molecule has 0 spiro atoms. The van der Waals surface area contributed by atoms with Crippen molar-refractivity contribution in [2.45, 2.75) is 0 Å². The molecule has 0 saturated heterocycles. The zero-order valence-electron chi connectivity index (χ0n) is 4.81. The standard InChI is InChI=1S/C5H6N4/c1-4-8-6-2-3-7-9(8)5-1/h1-4H,5H2. The summed E-state index contributed by atoms with van der Waals surface area (Å²) in [7, 11) is 0. The van der Waals surface area contributed by atoms with E-state index in [-0.39, 0.29) is 0 Å². The van der Waals surface area contributed by atoms with E-state index in [0.29, 0.717) is 0 Å². The third-order valence-electron chi connectivity index (χ3n) is 1.20. The van der Waals surface area contributed by atoms with E-state index in [1.54, 1.807) is 22.7 Å². The Bertz CT molecular complexity index is 193. The van der Waals surface area contributed by atoms with Gasteiger partial charge >= 0.3 is 0 Å². The summed E-state index contributed by atoms with van der Waals surface area (Å²) in [6, 6.07) is 0. The van der Waals surface area contributed by atoms with Crippen LogP contribution in [0, 0.1) is 0 Å². The van der Waals surface area contributed by atoms with E-state index >= 15 is 0 Å². The van der Waals surface area contributed by atoms with Crippen LogP contribution in [0.25, 0.3) is 0 Å². The first-order valence-corrected chi connectivity index (χ1v) is 2.77. The number of fused-ring (bicyclic) bond motifs is 1. The van der Waals surface area contributed by atoms with Crippen LogP contribution in [-0.4, -0.2) is 29.2 Å². The van der Waals surface area contributed by atoms with Crippen molar-refractivity contribution in [2.75, 3.05) is 6.54 Å². The second-order valence-corrected chi connectivity index (χ2v) is 1.79. The Kier molecular flexibility index (Phi) is 0.798. The lowest BCUT2D eigenvalue weighted by Gasteiger charge is -2.22. The minimum Gasteiger partial charge on any atom is -0.181 e. The maximum atomic E-state index is 4.01. The van der Waals surface area contributed by atoms with Gasteiger partial charge < -0.3 is 0 Å². The van der Waals surface area contributed by atoms with Crippen LogP contribution in [0.3, 0.4) is 0 Å². The molecule has 0 fully saturated rings.